The van der Waals surface area contributed by atoms with E-state index in [0.717, 1.165) is 39.6 Å². The molecule has 0 fully saturated rings. The SMILES string of the molecule is Cc1nc2ccccc2c(-c2ccc(Cl)cc2)c1CC=O. The number of fused-ring (bicyclic) bond motifs is 1. The molecule has 3 aromatic rings. The van der Waals surface area contributed by atoms with Gasteiger partial charge in [0.1, 0.15) is 6.29 Å². The second-order valence-corrected chi connectivity index (χ2v) is 5.38. The molecule has 0 amide bonds. The molecule has 0 aliphatic rings. The Morgan fingerprint density at radius 2 is 1.81 bits per heavy atom. The highest BCUT2D eigenvalue weighted by molar-refractivity contribution is 6.30. The summed E-state index contributed by atoms with van der Waals surface area (Å²) in [5, 5.41) is 1.76. The number of carbonyl (C=O) groups is 1. The Morgan fingerprint density at radius 1 is 1.10 bits per heavy atom. The number of aromatic nitrogens is 1. The molecule has 3 heteroatoms. The molecular weight excluding hydrogens is 282 g/mol. The number of benzene rings is 2. The van der Waals surface area contributed by atoms with E-state index in [9.17, 15) is 4.79 Å². The Morgan fingerprint density at radius 3 is 2.52 bits per heavy atom. The van der Waals surface area contributed by atoms with E-state index in [2.05, 4.69) is 4.98 Å². The first-order chi connectivity index (χ1) is 10.2. The third-order valence-electron chi connectivity index (χ3n) is 3.62. The number of aryl methyl sites for hydroxylation is 1. The summed E-state index contributed by atoms with van der Waals surface area (Å²) in [6, 6.07) is 15.7. The van der Waals surface area contributed by atoms with E-state index in [-0.39, 0.29) is 0 Å². The molecule has 0 radical (unpaired) electrons. The molecule has 2 aromatic carbocycles. The monoisotopic (exact) mass is 295 g/mol. The van der Waals surface area contributed by atoms with Crippen molar-refractivity contribution in [1.29, 1.82) is 0 Å². The van der Waals surface area contributed by atoms with E-state index < -0.39 is 0 Å². The van der Waals surface area contributed by atoms with Gasteiger partial charge in [0, 0.05) is 22.5 Å². The Balaban J connectivity index is 2.38. The summed E-state index contributed by atoms with van der Waals surface area (Å²) in [5.74, 6) is 0. The van der Waals surface area contributed by atoms with Crippen LogP contribution in [0.25, 0.3) is 22.0 Å². The predicted octanol–water partition coefficient (Wildman–Crippen LogP) is 4.61. The maximum absolute atomic E-state index is 11.1. The number of para-hydroxylation sites is 1. The molecule has 104 valence electrons. The number of pyridine rings is 1. The van der Waals surface area contributed by atoms with Crippen LogP contribution in [0.15, 0.2) is 48.5 Å². The Hall–Kier alpha value is -2.19. The zero-order valence-corrected chi connectivity index (χ0v) is 12.4. The zero-order chi connectivity index (χ0) is 14.8. The molecule has 0 bridgehead atoms. The summed E-state index contributed by atoms with van der Waals surface area (Å²) in [5.41, 5.74) is 4.94. The molecule has 1 heterocycles. The van der Waals surface area contributed by atoms with Crippen LogP contribution >= 0.6 is 11.6 Å². The number of hydrogen-bond donors (Lipinski definition) is 0. The molecule has 0 N–H and O–H groups in total. The number of carbonyl (C=O) groups excluding carboxylic acids is 1. The minimum Gasteiger partial charge on any atom is -0.303 e. The lowest BCUT2D eigenvalue weighted by Crippen LogP contribution is -2.00. The van der Waals surface area contributed by atoms with Crippen LogP contribution < -0.4 is 0 Å². The lowest BCUT2D eigenvalue weighted by molar-refractivity contribution is -0.107. The van der Waals surface area contributed by atoms with E-state index in [1.807, 2.05) is 55.5 Å². The van der Waals surface area contributed by atoms with Crippen molar-refractivity contribution in [2.24, 2.45) is 0 Å². The molecule has 1 aromatic heterocycles. The molecular formula is C18H14ClNO. The van der Waals surface area contributed by atoms with Crippen LogP contribution in [0.3, 0.4) is 0 Å². The van der Waals surface area contributed by atoms with Gasteiger partial charge in [-0.3, -0.25) is 4.98 Å². The Kier molecular flexibility index (Phi) is 3.72. The van der Waals surface area contributed by atoms with Gasteiger partial charge in [0.05, 0.1) is 5.52 Å². The van der Waals surface area contributed by atoms with Gasteiger partial charge in [-0.25, -0.2) is 0 Å². The average Bonchev–Trinajstić information content (AvgIpc) is 2.49. The van der Waals surface area contributed by atoms with Crippen LogP contribution in [-0.2, 0) is 11.2 Å². The molecule has 0 saturated carbocycles. The molecule has 2 nitrogen and oxygen atoms in total. The lowest BCUT2D eigenvalue weighted by Gasteiger charge is -2.14. The van der Waals surface area contributed by atoms with Gasteiger partial charge in [-0.1, -0.05) is 41.9 Å². The van der Waals surface area contributed by atoms with Gasteiger partial charge in [-0.2, -0.15) is 0 Å². The largest absolute Gasteiger partial charge is 0.303 e. The minimum absolute atomic E-state index is 0.363. The smallest absolute Gasteiger partial charge is 0.124 e. The van der Waals surface area contributed by atoms with Gasteiger partial charge in [-0.05, 0) is 41.8 Å². The topological polar surface area (TPSA) is 30.0 Å². The summed E-state index contributed by atoms with van der Waals surface area (Å²) in [4.78, 5) is 15.7. The van der Waals surface area contributed by atoms with E-state index in [4.69, 9.17) is 11.6 Å². The van der Waals surface area contributed by atoms with Gasteiger partial charge in [0.15, 0.2) is 0 Å². The van der Waals surface area contributed by atoms with Crippen LogP contribution in [0.5, 0.6) is 0 Å². The molecule has 21 heavy (non-hydrogen) atoms. The molecule has 0 atom stereocenters. The average molecular weight is 296 g/mol. The fourth-order valence-corrected chi connectivity index (χ4v) is 2.78. The molecule has 0 saturated heterocycles. The van der Waals surface area contributed by atoms with E-state index in [1.165, 1.54) is 0 Å². The lowest BCUT2D eigenvalue weighted by atomic mass is 9.93. The first-order valence-corrected chi connectivity index (χ1v) is 7.16. The summed E-state index contributed by atoms with van der Waals surface area (Å²) >= 11 is 5.98. The molecule has 0 spiro atoms. The quantitative estimate of drug-likeness (QED) is 0.661. The van der Waals surface area contributed by atoms with Crippen molar-refractivity contribution in [2.75, 3.05) is 0 Å². The maximum atomic E-state index is 11.1. The number of aldehydes is 1. The van der Waals surface area contributed by atoms with Gasteiger partial charge in [0.25, 0.3) is 0 Å². The fourth-order valence-electron chi connectivity index (χ4n) is 2.65. The Bertz CT molecular complexity index is 809. The van der Waals surface area contributed by atoms with Crippen LogP contribution in [0.1, 0.15) is 11.3 Å². The highest BCUT2D eigenvalue weighted by Crippen LogP contribution is 2.33. The normalized spacial score (nSPS) is 10.8. The van der Waals surface area contributed by atoms with Crippen LogP contribution in [0, 0.1) is 6.92 Å². The van der Waals surface area contributed by atoms with Gasteiger partial charge in [-0.15, -0.1) is 0 Å². The van der Waals surface area contributed by atoms with Crippen LogP contribution in [-0.4, -0.2) is 11.3 Å². The summed E-state index contributed by atoms with van der Waals surface area (Å²) < 4.78 is 0. The first-order valence-electron chi connectivity index (χ1n) is 6.78. The van der Waals surface area contributed by atoms with Crippen molar-refractivity contribution in [1.82, 2.24) is 4.98 Å². The van der Waals surface area contributed by atoms with Crippen molar-refractivity contribution in [3.8, 4) is 11.1 Å². The summed E-state index contributed by atoms with van der Waals surface area (Å²) in [6.45, 7) is 1.95. The first kappa shape index (κ1) is 13.8. The standard InChI is InChI=1S/C18H14ClNO/c1-12-15(10-11-21)18(13-6-8-14(19)9-7-13)16-4-2-3-5-17(16)20-12/h2-9,11H,10H2,1H3. The van der Waals surface area contributed by atoms with Crippen LogP contribution in [0.4, 0.5) is 0 Å². The number of nitrogens with zero attached hydrogens (tertiary/aromatic N) is 1. The molecule has 0 aliphatic heterocycles. The second kappa shape index (κ2) is 5.66. The molecule has 0 aliphatic carbocycles. The number of rotatable bonds is 3. The van der Waals surface area contributed by atoms with Gasteiger partial charge >= 0.3 is 0 Å². The predicted molar refractivity (Wildman–Crippen MR) is 86.7 cm³/mol. The van der Waals surface area contributed by atoms with Gasteiger partial charge in [0.2, 0.25) is 0 Å². The Labute approximate surface area is 128 Å². The number of hydrogen-bond acceptors (Lipinski definition) is 2. The molecule has 3 rings (SSSR count). The van der Waals surface area contributed by atoms with E-state index in [1.54, 1.807) is 0 Å². The van der Waals surface area contributed by atoms with Crippen molar-refractivity contribution in [3.05, 3.63) is 64.8 Å². The van der Waals surface area contributed by atoms with Crippen LogP contribution in [0.2, 0.25) is 5.02 Å². The highest BCUT2D eigenvalue weighted by atomic mass is 35.5. The third kappa shape index (κ3) is 2.55. The second-order valence-electron chi connectivity index (χ2n) is 4.95. The molecule has 0 unspecified atom stereocenters. The summed E-state index contributed by atoms with van der Waals surface area (Å²) in [6.07, 6.45) is 1.29. The fraction of sp³-hybridized carbons (Fsp3) is 0.111. The highest BCUT2D eigenvalue weighted by Gasteiger charge is 2.13. The zero-order valence-electron chi connectivity index (χ0n) is 11.6. The number of halogens is 1. The van der Waals surface area contributed by atoms with Crippen molar-refractivity contribution in [2.45, 2.75) is 13.3 Å². The van der Waals surface area contributed by atoms with Gasteiger partial charge < -0.3 is 4.79 Å². The maximum Gasteiger partial charge on any atom is 0.124 e. The third-order valence-corrected chi connectivity index (χ3v) is 3.87. The van der Waals surface area contributed by atoms with Crippen molar-refractivity contribution in [3.63, 3.8) is 0 Å². The van der Waals surface area contributed by atoms with E-state index >= 15 is 0 Å². The van der Waals surface area contributed by atoms with E-state index in [0.29, 0.717) is 11.4 Å². The summed E-state index contributed by atoms with van der Waals surface area (Å²) in [7, 11) is 0. The van der Waals surface area contributed by atoms with Crippen molar-refractivity contribution >= 4 is 28.8 Å². The minimum atomic E-state index is 0.363. The van der Waals surface area contributed by atoms with Crippen molar-refractivity contribution < 1.29 is 4.79 Å².